The number of benzene rings is 1. The summed E-state index contributed by atoms with van der Waals surface area (Å²) in [6.45, 7) is 8.10. The van der Waals surface area contributed by atoms with Crippen molar-refractivity contribution in [2.24, 2.45) is 11.8 Å². The lowest BCUT2D eigenvalue weighted by molar-refractivity contribution is 0.0735. The summed E-state index contributed by atoms with van der Waals surface area (Å²) in [5.74, 6) is 1.57. The number of carbonyl (C=O) groups excluding carboxylic acids is 1. The molecule has 1 atom stereocenters. The van der Waals surface area contributed by atoms with Gasteiger partial charge in [-0.2, -0.15) is 0 Å². The third kappa shape index (κ3) is 4.97. The van der Waals surface area contributed by atoms with Crippen LogP contribution in [0.5, 0.6) is 0 Å². The van der Waals surface area contributed by atoms with Gasteiger partial charge in [0.05, 0.1) is 0 Å². The van der Waals surface area contributed by atoms with Crippen LogP contribution in [-0.4, -0.2) is 48.6 Å². The summed E-state index contributed by atoms with van der Waals surface area (Å²) in [4.78, 5) is 16.7. The predicted octanol–water partition coefficient (Wildman–Crippen LogP) is 3.77. The first-order valence-electron chi connectivity index (χ1n) is 9.38. The van der Waals surface area contributed by atoms with Crippen LogP contribution in [0.3, 0.4) is 0 Å². The molecule has 4 heteroatoms. The first-order chi connectivity index (χ1) is 11.7. The summed E-state index contributed by atoms with van der Waals surface area (Å²) in [6.07, 6.45) is 4.76. The van der Waals surface area contributed by atoms with Crippen LogP contribution in [0.1, 0.15) is 38.2 Å². The molecule has 2 fully saturated rings. The molecule has 0 N–H and O–H groups in total. The van der Waals surface area contributed by atoms with E-state index in [4.69, 9.17) is 4.74 Å². The fraction of sp³-hybridized carbons (Fsp3) is 0.650. The van der Waals surface area contributed by atoms with E-state index in [0.717, 1.165) is 43.3 Å². The Morgan fingerprint density at radius 1 is 1.12 bits per heavy atom. The van der Waals surface area contributed by atoms with Crippen molar-refractivity contribution in [3.05, 3.63) is 35.9 Å². The zero-order valence-corrected chi connectivity index (χ0v) is 14.8. The van der Waals surface area contributed by atoms with E-state index >= 15 is 0 Å². The molecule has 0 radical (unpaired) electrons. The fourth-order valence-corrected chi connectivity index (χ4v) is 3.93. The van der Waals surface area contributed by atoms with Crippen molar-refractivity contribution in [1.29, 1.82) is 0 Å². The Labute approximate surface area is 145 Å². The molecule has 0 saturated carbocycles. The largest absolute Gasteiger partial charge is 0.445 e. The van der Waals surface area contributed by atoms with Gasteiger partial charge >= 0.3 is 6.09 Å². The van der Waals surface area contributed by atoms with Gasteiger partial charge in [-0.15, -0.1) is 0 Å². The molecular weight excluding hydrogens is 300 g/mol. The topological polar surface area (TPSA) is 32.8 Å². The van der Waals surface area contributed by atoms with Crippen molar-refractivity contribution in [3.8, 4) is 0 Å². The summed E-state index contributed by atoms with van der Waals surface area (Å²) >= 11 is 0. The molecule has 3 rings (SSSR count). The van der Waals surface area contributed by atoms with Gasteiger partial charge in [-0.05, 0) is 49.6 Å². The number of rotatable bonds is 4. The van der Waals surface area contributed by atoms with E-state index in [0.29, 0.717) is 6.61 Å². The number of likely N-dealkylation sites (tertiary alicyclic amines) is 2. The second kappa shape index (κ2) is 8.52. The Kier molecular flexibility index (Phi) is 6.13. The minimum atomic E-state index is -0.163. The lowest BCUT2D eigenvalue weighted by Gasteiger charge is -2.37. The van der Waals surface area contributed by atoms with E-state index in [1.165, 1.54) is 32.5 Å². The standard InChI is InChI=1S/C20H30N2O2/c1-17-6-5-11-21(14-17)15-18-9-12-22(13-10-18)20(23)24-16-19-7-3-2-4-8-19/h2-4,7-8,17-18H,5-6,9-16H2,1H3. The molecule has 1 aromatic rings. The van der Waals surface area contributed by atoms with Gasteiger partial charge in [-0.3, -0.25) is 0 Å². The lowest BCUT2D eigenvalue weighted by atomic mass is 9.94. The number of carbonyl (C=O) groups is 1. The monoisotopic (exact) mass is 330 g/mol. The van der Waals surface area contributed by atoms with Crippen molar-refractivity contribution < 1.29 is 9.53 Å². The highest BCUT2D eigenvalue weighted by Gasteiger charge is 2.26. The maximum absolute atomic E-state index is 12.2. The van der Waals surface area contributed by atoms with E-state index in [1.807, 2.05) is 35.2 Å². The fourth-order valence-electron chi connectivity index (χ4n) is 3.93. The smallest absolute Gasteiger partial charge is 0.410 e. The first kappa shape index (κ1) is 17.3. The molecule has 0 aliphatic carbocycles. The van der Waals surface area contributed by atoms with Gasteiger partial charge in [-0.1, -0.05) is 37.3 Å². The summed E-state index contributed by atoms with van der Waals surface area (Å²) in [5.41, 5.74) is 1.04. The highest BCUT2D eigenvalue weighted by molar-refractivity contribution is 5.67. The first-order valence-corrected chi connectivity index (χ1v) is 9.38. The van der Waals surface area contributed by atoms with Crippen LogP contribution < -0.4 is 0 Å². The van der Waals surface area contributed by atoms with Gasteiger partial charge in [0, 0.05) is 26.2 Å². The second-order valence-corrected chi connectivity index (χ2v) is 7.48. The average molecular weight is 330 g/mol. The zero-order valence-electron chi connectivity index (χ0n) is 14.8. The molecule has 2 aliphatic rings. The molecule has 1 amide bonds. The highest BCUT2D eigenvalue weighted by Crippen LogP contribution is 2.22. The van der Waals surface area contributed by atoms with Crippen LogP contribution >= 0.6 is 0 Å². The SMILES string of the molecule is CC1CCCN(CC2CCN(C(=O)OCc3ccccc3)CC2)C1. The number of piperidine rings is 2. The third-order valence-electron chi connectivity index (χ3n) is 5.34. The van der Waals surface area contributed by atoms with Crippen LogP contribution in [0, 0.1) is 11.8 Å². The van der Waals surface area contributed by atoms with Crippen LogP contribution in [0.15, 0.2) is 30.3 Å². The van der Waals surface area contributed by atoms with Gasteiger partial charge < -0.3 is 14.5 Å². The molecule has 2 saturated heterocycles. The number of hydrogen-bond donors (Lipinski definition) is 0. The van der Waals surface area contributed by atoms with Crippen LogP contribution in [-0.2, 0) is 11.3 Å². The Morgan fingerprint density at radius 2 is 1.88 bits per heavy atom. The van der Waals surface area contributed by atoms with E-state index in [-0.39, 0.29) is 6.09 Å². The van der Waals surface area contributed by atoms with Crippen molar-refractivity contribution in [2.45, 2.75) is 39.2 Å². The van der Waals surface area contributed by atoms with E-state index in [1.54, 1.807) is 0 Å². The van der Waals surface area contributed by atoms with Crippen molar-refractivity contribution in [3.63, 3.8) is 0 Å². The van der Waals surface area contributed by atoms with Gasteiger partial charge in [0.1, 0.15) is 6.61 Å². The molecular formula is C20H30N2O2. The van der Waals surface area contributed by atoms with E-state index in [9.17, 15) is 4.79 Å². The van der Waals surface area contributed by atoms with Gasteiger partial charge in [0.15, 0.2) is 0 Å². The summed E-state index contributed by atoms with van der Waals surface area (Å²) < 4.78 is 5.44. The van der Waals surface area contributed by atoms with E-state index in [2.05, 4.69) is 11.8 Å². The van der Waals surface area contributed by atoms with Gasteiger partial charge in [-0.25, -0.2) is 4.79 Å². The van der Waals surface area contributed by atoms with Crippen LogP contribution in [0.4, 0.5) is 4.79 Å². The molecule has 24 heavy (non-hydrogen) atoms. The molecule has 1 unspecified atom stereocenters. The molecule has 1 aromatic carbocycles. The Hall–Kier alpha value is -1.55. The molecule has 132 valence electrons. The predicted molar refractivity (Wildman–Crippen MR) is 95.8 cm³/mol. The second-order valence-electron chi connectivity index (χ2n) is 7.48. The Balaban J connectivity index is 1.37. The molecule has 0 aromatic heterocycles. The van der Waals surface area contributed by atoms with Crippen molar-refractivity contribution in [2.75, 3.05) is 32.7 Å². The number of nitrogens with zero attached hydrogens (tertiary/aromatic N) is 2. The minimum absolute atomic E-state index is 0.163. The number of ether oxygens (including phenoxy) is 1. The molecule has 2 aliphatic heterocycles. The molecule has 0 spiro atoms. The maximum atomic E-state index is 12.2. The zero-order chi connectivity index (χ0) is 16.8. The molecule has 0 bridgehead atoms. The van der Waals surface area contributed by atoms with Gasteiger partial charge in [0.2, 0.25) is 0 Å². The lowest BCUT2D eigenvalue weighted by Crippen LogP contribution is -2.43. The van der Waals surface area contributed by atoms with Gasteiger partial charge in [0.25, 0.3) is 0 Å². The summed E-state index contributed by atoms with van der Waals surface area (Å²) in [7, 11) is 0. The van der Waals surface area contributed by atoms with Crippen molar-refractivity contribution >= 4 is 6.09 Å². The maximum Gasteiger partial charge on any atom is 0.410 e. The normalized spacial score (nSPS) is 23.2. The Bertz CT molecular complexity index is 512. The third-order valence-corrected chi connectivity index (χ3v) is 5.34. The average Bonchev–Trinajstić information content (AvgIpc) is 2.61. The van der Waals surface area contributed by atoms with Crippen LogP contribution in [0.25, 0.3) is 0 Å². The highest BCUT2D eigenvalue weighted by atomic mass is 16.6. The van der Waals surface area contributed by atoms with Crippen LogP contribution in [0.2, 0.25) is 0 Å². The quantitative estimate of drug-likeness (QED) is 0.842. The summed E-state index contributed by atoms with van der Waals surface area (Å²) in [5, 5.41) is 0. The number of hydrogen-bond acceptors (Lipinski definition) is 3. The Morgan fingerprint density at radius 3 is 2.58 bits per heavy atom. The van der Waals surface area contributed by atoms with E-state index < -0.39 is 0 Å². The minimum Gasteiger partial charge on any atom is -0.445 e. The molecule has 2 heterocycles. The number of amides is 1. The van der Waals surface area contributed by atoms with Crippen molar-refractivity contribution in [1.82, 2.24) is 9.80 Å². The summed E-state index contributed by atoms with van der Waals surface area (Å²) in [6, 6.07) is 9.88. The molecule has 4 nitrogen and oxygen atoms in total.